The molecular weight excluding hydrogens is 267 g/mol. The molecule has 1 aromatic rings. The van der Waals surface area contributed by atoms with Crippen molar-refractivity contribution in [1.82, 2.24) is 0 Å². The number of halogens is 1. The van der Waals surface area contributed by atoms with Crippen molar-refractivity contribution in [2.24, 2.45) is 5.41 Å². The van der Waals surface area contributed by atoms with Gasteiger partial charge < -0.3 is 0 Å². The van der Waals surface area contributed by atoms with Gasteiger partial charge in [-0.2, -0.15) is 10.5 Å². The van der Waals surface area contributed by atoms with Gasteiger partial charge in [-0.25, -0.2) is 12.8 Å². The van der Waals surface area contributed by atoms with Gasteiger partial charge in [0.15, 0.2) is 15.3 Å². The van der Waals surface area contributed by atoms with Crippen molar-refractivity contribution in [3.05, 3.63) is 35.6 Å². The molecule has 0 aromatic heterocycles. The van der Waals surface area contributed by atoms with E-state index in [0.717, 1.165) is 0 Å². The molecule has 2 rings (SSSR count). The summed E-state index contributed by atoms with van der Waals surface area (Å²) in [5.41, 5.74) is -1.21. The average molecular weight is 278 g/mol. The van der Waals surface area contributed by atoms with Crippen molar-refractivity contribution in [1.29, 1.82) is 10.5 Å². The Morgan fingerprint density at radius 3 is 2.47 bits per heavy atom. The van der Waals surface area contributed by atoms with Gasteiger partial charge in [0, 0.05) is 11.7 Å². The lowest BCUT2D eigenvalue weighted by Gasteiger charge is -2.00. The van der Waals surface area contributed by atoms with Gasteiger partial charge in [0.1, 0.15) is 11.1 Å². The summed E-state index contributed by atoms with van der Waals surface area (Å²) in [5.74, 6) is -1.43. The van der Waals surface area contributed by atoms with E-state index in [9.17, 15) is 12.8 Å². The number of hydrogen-bond acceptors (Lipinski definition) is 4. The molecule has 1 fully saturated rings. The van der Waals surface area contributed by atoms with Crippen molar-refractivity contribution in [2.75, 3.05) is 5.75 Å². The van der Waals surface area contributed by atoms with Crippen LogP contribution < -0.4 is 0 Å². The van der Waals surface area contributed by atoms with E-state index >= 15 is 0 Å². The molecule has 0 amide bonds. The maximum absolute atomic E-state index is 13.2. The molecule has 2 atom stereocenters. The minimum Gasteiger partial charge on any atom is -0.228 e. The Morgan fingerprint density at radius 2 is 2.00 bits per heavy atom. The first-order chi connectivity index (χ1) is 8.93. The highest BCUT2D eigenvalue weighted by molar-refractivity contribution is 7.92. The van der Waals surface area contributed by atoms with Crippen LogP contribution in [0.2, 0.25) is 0 Å². The first kappa shape index (κ1) is 13.5. The van der Waals surface area contributed by atoms with E-state index in [0.29, 0.717) is 5.56 Å². The Kier molecular flexibility index (Phi) is 3.07. The van der Waals surface area contributed by atoms with Crippen LogP contribution in [0.5, 0.6) is 0 Å². The Morgan fingerprint density at radius 1 is 1.37 bits per heavy atom. The number of hydrogen-bond donors (Lipinski definition) is 0. The summed E-state index contributed by atoms with van der Waals surface area (Å²) in [6, 6.07) is 8.99. The second kappa shape index (κ2) is 4.32. The molecule has 0 aliphatic heterocycles. The van der Waals surface area contributed by atoms with E-state index in [1.165, 1.54) is 25.1 Å². The van der Waals surface area contributed by atoms with Crippen LogP contribution in [0.1, 0.15) is 18.4 Å². The first-order valence-electron chi connectivity index (χ1n) is 5.72. The summed E-state index contributed by atoms with van der Waals surface area (Å²) in [6.07, 6.45) is 0. The number of nitriles is 2. The molecule has 0 spiro atoms. The van der Waals surface area contributed by atoms with Crippen molar-refractivity contribution >= 4 is 9.84 Å². The van der Waals surface area contributed by atoms with E-state index in [2.05, 4.69) is 0 Å². The van der Waals surface area contributed by atoms with Gasteiger partial charge in [-0.1, -0.05) is 19.1 Å². The zero-order valence-electron chi connectivity index (χ0n) is 10.2. The lowest BCUT2D eigenvalue weighted by atomic mass is 10.0. The highest BCUT2D eigenvalue weighted by Crippen LogP contribution is 2.62. The highest BCUT2D eigenvalue weighted by atomic mass is 32.2. The largest absolute Gasteiger partial charge is 0.228 e. The van der Waals surface area contributed by atoms with Crippen molar-refractivity contribution in [2.45, 2.75) is 18.1 Å². The molecule has 1 aliphatic carbocycles. The maximum Gasteiger partial charge on any atom is 0.169 e. The lowest BCUT2D eigenvalue weighted by Crippen LogP contribution is -2.15. The van der Waals surface area contributed by atoms with Gasteiger partial charge in [0.2, 0.25) is 0 Å². The van der Waals surface area contributed by atoms with Crippen LogP contribution in [0.15, 0.2) is 24.3 Å². The summed E-state index contributed by atoms with van der Waals surface area (Å²) in [7, 11) is -3.53. The molecule has 0 saturated heterocycles. The summed E-state index contributed by atoms with van der Waals surface area (Å²) in [4.78, 5) is 0. The monoisotopic (exact) mass is 278 g/mol. The van der Waals surface area contributed by atoms with Gasteiger partial charge in [0.05, 0.1) is 12.1 Å². The molecule has 6 heteroatoms. The molecule has 19 heavy (non-hydrogen) atoms. The van der Waals surface area contributed by atoms with E-state index < -0.39 is 32.2 Å². The molecule has 1 aromatic carbocycles. The van der Waals surface area contributed by atoms with Crippen molar-refractivity contribution < 1.29 is 12.8 Å². The number of rotatable bonds is 3. The zero-order chi connectivity index (χ0) is 14.3. The third kappa shape index (κ3) is 1.89. The fourth-order valence-corrected chi connectivity index (χ4v) is 4.34. The lowest BCUT2D eigenvalue weighted by molar-refractivity contribution is 0.592. The number of benzene rings is 1. The second-order valence-electron chi connectivity index (χ2n) is 4.50. The molecule has 0 bridgehead atoms. The summed E-state index contributed by atoms with van der Waals surface area (Å²) < 4.78 is 37.1. The minimum absolute atomic E-state index is 0.144. The SMILES string of the molecule is CCS(=O)(=O)[C@@H]1[C@H](c2cccc(F)c2)C1(C#N)C#N. The van der Waals surface area contributed by atoms with Crippen LogP contribution in [0.4, 0.5) is 4.39 Å². The fraction of sp³-hybridized carbons (Fsp3) is 0.385. The Balaban J connectivity index is 2.53. The number of nitrogens with zero attached hydrogens (tertiary/aromatic N) is 2. The van der Waals surface area contributed by atoms with Crippen molar-refractivity contribution in [3.8, 4) is 12.1 Å². The second-order valence-corrected chi connectivity index (χ2v) is 6.91. The van der Waals surface area contributed by atoms with Gasteiger partial charge in [-0.05, 0) is 17.7 Å². The molecule has 1 saturated carbocycles. The molecule has 0 heterocycles. The van der Waals surface area contributed by atoms with Gasteiger partial charge in [0.25, 0.3) is 0 Å². The standard InChI is InChI=1S/C13H11FN2O2S/c1-2-19(17,18)12-11(13(12,7-15)8-16)9-4-3-5-10(14)6-9/h3-6,11-12H,2H2,1H3/t11-,12+/m0/s1. The van der Waals surface area contributed by atoms with Crippen LogP contribution in [0, 0.1) is 33.9 Å². The Bertz CT molecular complexity index is 686. The predicted molar refractivity (Wildman–Crippen MR) is 66.0 cm³/mol. The van der Waals surface area contributed by atoms with Crippen molar-refractivity contribution in [3.63, 3.8) is 0 Å². The highest BCUT2D eigenvalue weighted by Gasteiger charge is 2.72. The fourth-order valence-electron chi connectivity index (χ4n) is 2.46. The quantitative estimate of drug-likeness (QED) is 0.843. The third-order valence-electron chi connectivity index (χ3n) is 3.50. The maximum atomic E-state index is 13.2. The molecule has 0 radical (unpaired) electrons. The molecule has 4 nitrogen and oxygen atoms in total. The number of sulfone groups is 1. The minimum atomic E-state index is -3.53. The van der Waals surface area contributed by atoms with Crippen LogP contribution >= 0.6 is 0 Å². The average Bonchev–Trinajstić information content (AvgIpc) is 3.09. The van der Waals surface area contributed by atoms with Gasteiger partial charge in [-0.3, -0.25) is 0 Å². The van der Waals surface area contributed by atoms with Crippen LogP contribution in [-0.2, 0) is 9.84 Å². The van der Waals surface area contributed by atoms with E-state index in [4.69, 9.17) is 10.5 Å². The molecule has 0 N–H and O–H groups in total. The first-order valence-corrected chi connectivity index (χ1v) is 7.44. The molecule has 0 unspecified atom stereocenters. The van der Waals surface area contributed by atoms with Gasteiger partial charge >= 0.3 is 0 Å². The predicted octanol–water partition coefficient (Wildman–Crippen LogP) is 1.76. The Hall–Kier alpha value is -1.92. The van der Waals surface area contributed by atoms with Crippen LogP contribution in [0.25, 0.3) is 0 Å². The molecule has 98 valence electrons. The smallest absolute Gasteiger partial charge is 0.169 e. The zero-order valence-corrected chi connectivity index (χ0v) is 11.0. The molecular formula is C13H11FN2O2S. The summed E-state index contributed by atoms with van der Waals surface area (Å²) in [6.45, 7) is 1.47. The van der Waals surface area contributed by atoms with Gasteiger partial charge in [-0.15, -0.1) is 0 Å². The van der Waals surface area contributed by atoms with E-state index in [1.807, 2.05) is 0 Å². The summed E-state index contributed by atoms with van der Waals surface area (Å²) >= 11 is 0. The van der Waals surface area contributed by atoms with Crippen LogP contribution in [0.3, 0.4) is 0 Å². The van der Waals surface area contributed by atoms with Crippen LogP contribution in [-0.4, -0.2) is 19.4 Å². The third-order valence-corrected chi connectivity index (χ3v) is 5.72. The van der Waals surface area contributed by atoms with E-state index in [1.54, 1.807) is 18.2 Å². The topological polar surface area (TPSA) is 81.7 Å². The summed E-state index contributed by atoms with van der Waals surface area (Å²) in [5, 5.41) is 17.2. The normalized spacial score (nSPS) is 24.2. The molecule has 1 aliphatic rings. The van der Waals surface area contributed by atoms with E-state index in [-0.39, 0.29) is 5.75 Å². The Labute approximate surface area is 111 Å².